The van der Waals surface area contributed by atoms with E-state index >= 15 is 0 Å². The van der Waals surface area contributed by atoms with E-state index in [-0.39, 0.29) is 6.61 Å². The van der Waals surface area contributed by atoms with Crippen molar-refractivity contribution in [2.24, 2.45) is 0 Å². The SMILES string of the molecule is COc1cc(C(=O)OCc2cn3ccccc3c2C#N)cc(OC)c1Br. The molecule has 0 aliphatic carbocycles. The van der Waals surface area contributed by atoms with Crippen molar-refractivity contribution >= 4 is 27.4 Å². The third-order valence-corrected chi connectivity index (χ3v) is 4.70. The van der Waals surface area contributed by atoms with Crippen LogP contribution in [0, 0.1) is 11.3 Å². The first-order valence-electron chi connectivity index (χ1n) is 7.66. The molecule has 2 heterocycles. The third-order valence-electron chi connectivity index (χ3n) is 3.91. The van der Waals surface area contributed by atoms with Crippen molar-refractivity contribution in [3.05, 3.63) is 63.9 Å². The zero-order valence-electron chi connectivity index (χ0n) is 14.2. The first-order valence-corrected chi connectivity index (χ1v) is 8.45. The smallest absolute Gasteiger partial charge is 0.338 e. The van der Waals surface area contributed by atoms with E-state index in [9.17, 15) is 10.1 Å². The van der Waals surface area contributed by atoms with Gasteiger partial charge in [0.15, 0.2) is 0 Å². The number of fused-ring (bicyclic) bond motifs is 1. The van der Waals surface area contributed by atoms with Gasteiger partial charge < -0.3 is 18.6 Å². The van der Waals surface area contributed by atoms with E-state index in [4.69, 9.17) is 14.2 Å². The van der Waals surface area contributed by atoms with Crippen molar-refractivity contribution in [1.82, 2.24) is 4.40 Å². The Labute approximate surface area is 158 Å². The van der Waals surface area contributed by atoms with Crippen LogP contribution in [0.5, 0.6) is 11.5 Å². The maximum absolute atomic E-state index is 12.4. The molecule has 3 rings (SSSR count). The van der Waals surface area contributed by atoms with E-state index < -0.39 is 5.97 Å². The average Bonchev–Trinajstić information content (AvgIpc) is 3.03. The molecule has 7 heteroatoms. The standard InChI is InChI=1S/C19H15BrN2O4/c1-24-16-7-12(8-17(25-2)18(16)20)19(23)26-11-13-10-22-6-4-3-5-15(22)14(13)9-21/h3-8,10H,11H2,1-2H3. The summed E-state index contributed by atoms with van der Waals surface area (Å²) in [5, 5.41) is 9.41. The molecule has 26 heavy (non-hydrogen) atoms. The number of aromatic nitrogens is 1. The number of rotatable bonds is 5. The summed E-state index contributed by atoms with van der Waals surface area (Å²) >= 11 is 3.36. The predicted octanol–water partition coefficient (Wildman–Crippen LogP) is 3.95. The summed E-state index contributed by atoms with van der Waals surface area (Å²) in [7, 11) is 3.00. The number of esters is 1. The highest BCUT2D eigenvalue weighted by Gasteiger charge is 2.17. The van der Waals surface area contributed by atoms with Gasteiger partial charge in [-0.25, -0.2) is 4.79 Å². The lowest BCUT2D eigenvalue weighted by atomic mass is 10.2. The number of carbonyl (C=O) groups excluding carboxylic acids is 1. The Morgan fingerprint density at radius 3 is 2.54 bits per heavy atom. The van der Waals surface area contributed by atoms with E-state index in [0.29, 0.717) is 32.7 Å². The van der Waals surface area contributed by atoms with Crippen molar-refractivity contribution < 1.29 is 19.0 Å². The summed E-state index contributed by atoms with van der Waals surface area (Å²) in [6, 6.07) is 10.9. The maximum Gasteiger partial charge on any atom is 0.338 e. The predicted molar refractivity (Wildman–Crippen MR) is 98.5 cm³/mol. The van der Waals surface area contributed by atoms with Gasteiger partial charge in [0.1, 0.15) is 28.6 Å². The monoisotopic (exact) mass is 414 g/mol. The van der Waals surface area contributed by atoms with Gasteiger partial charge in [0, 0.05) is 18.0 Å². The van der Waals surface area contributed by atoms with E-state index in [0.717, 1.165) is 5.52 Å². The highest BCUT2D eigenvalue weighted by atomic mass is 79.9. The number of pyridine rings is 1. The molecule has 6 nitrogen and oxygen atoms in total. The lowest BCUT2D eigenvalue weighted by Crippen LogP contribution is -2.06. The normalized spacial score (nSPS) is 10.4. The highest BCUT2D eigenvalue weighted by Crippen LogP contribution is 2.35. The van der Waals surface area contributed by atoms with Gasteiger partial charge >= 0.3 is 5.97 Å². The molecule has 2 aromatic heterocycles. The summed E-state index contributed by atoms with van der Waals surface area (Å²) in [4.78, 5) is 12.4. The largest absolute Gasteiger partial charge is 0.495 e. The van der Waals surface area contributed by atoms with Gasteiger partial charge in [0.05, 0.1) is 30.9 Å². The Hall–Kier alpha value is -2.98. The molecule has 1 aromatic carbocycles. The van der Waals surface area contributed by atoms with Crippen LogP contribution in [0.2, 0.25) is 0 Å². The lowest BCUT2D eigenvalue weighted by Gasteiger charge is -2.11. The van der Waals surface area contributed by atoms with Crippen LogP contribution in [0.25, 0.3) is 5.52 Å². The Bertz CT molecular complexity index is 995. The number of halogens is 1. The van der Waals surface area contributed by atoms with Gasteiger partial charge in [0.2, 0.25) is 0 Å². The first kappa shape index (κ1) is 17.8. The van der Waals surface area contributed by atoms with Crippen LogP contribution in [0.15, 0.2) is 47.2 Å². The Morgan fingerprint density at radius 1 is 1.23 bits per heavy atom. The first-order chi connectivity index (χ1) is 12.6. The molecule has 0 N–H and O–H groups in total. The van der Waals surface area contributed by atoms with Crippen LogP contribution >= 0.6 is 15.9 Å². The maximum atomic E-state index is 12.4. The molecule has 3 aromatic rings. The van der Waals surface area contributed by atoms with Gasteiger partial charge in [0.25, 0.3) is 0 Å². The number of hydrogen-bond acceptors (Lipinski definition) is 5. The number of nitriles is 1. The minimum atomic E-state index is -0.534. The van der Waals surface area contributed by atoms with E-state index in [1.165, 1.54) is 14.2 Å². The number of carbonyl (C=O) groups is 1. The van der Waals surface area contributed by atoms with E-state index in [1.54, 1.807) is 18.3 Å². The summed E-state index contributed by atoms with van der Waals surface area (Å²) in [6.07, 6.45) is 3.62. The lowest BCUT2D eigenvalue weighted by molar-refractivity contribution is 0.0471. The van der Waals surface area contributed by atoms with Crippen molar-refractivity contribution in [1.29, 1.82) is 5.26 Å². The van der Waals surface area contributed by atoms with Crippen LogP contribution in [0.1, 0.15) is 21.5 Å². The molecule has 0 unspecified atom stereocenters. The second-order valence-electron chi connectivity index (χ2n) is 5.41. The second kappa shape index (κ2) is 7.50. The third kappa shape index (κ3) is 3.24. The van der Waals surface area contributed by atoms with Gasteiger partial charge in [-0.1, -0.05) is 6.07 Å². The van der Waals surface area contributed by atoms with Crippen LogP contribution in [0.4, 0.5) is 0 Å². The number of ether oxygens (including phenoxy) is 3. The van der Waals surface area contributed by atoms with E-state index in [2.05, 4.69) is 22.0 Å². The molecular weight excluding hydrogens is 400 g/mol. The van der Waals surface area contributed by atoms with Gasteiger partial charge in [-0.15, -0.1) is 0 Å². The molecule has 0 atom stereocenters. The molecule has 0 aliphatic rings. The minimum absolute atomic E-state index is 0.00982. The molecule has 0 amide bonds. The van der Waals surface area contributed by atoms with Crippen LogP contribution in [-0.4, -0.2) is 24.6 Å². The molecule has 0 aliphatic heterocycles. The molecule has 0 bridgehead atoms. The van der Waals surface area contributed by atoms with Crippen molar-refractivity contribution in [2.45, 2.75) is 6.61 Å². The van der Waals surface area contributed by atoms with Gasteiger partial charge in [-0.05, 0) is 40.2 Å². The van der Waals surface area contributed by atoms with Crippen molar-refractivity contribution in [2.75, 3.05) is 14.2 Å². The Balaban J connectivity index is 1.85. The van der Waals surface area contributed by atoms with Crippen LogP contribution in [-0.2, 0) is 11.3 Å². The zero-order chi connectivity index (χ0) is 18.7. The fourth-order valence-electron chi connectivity index (χ4n) is 2.63. The molecule has 0 spiro atoms. The highest BCUT2D eigenvalue weighted by molar-refractivity contribution is 9.10. The molecule has 0 fully saturated rings. The summed E-state index contributed by atoms with van der Waals surface area (Å²) < 4.78 is 18.3. The summed E-state index contributed by atoms with van der Waals surface area (Å²) in [5.41, 5.74) is 2.20. The molecule has 0 saturated carbocycles. The minimum Gasteiger partial charge on any atom is -0.495 e. The summed E-state index contributed by atoms with van der Waals surface area (Å²) in [5.74, 6) is 0.389. The van der Waals surface area contributed by atoms with Crippen molar-refractivity contribution in [3.63, 3.8) is 0 Å². The number of methoxy groups -OCH3 is 2. The van der Waals surface area contributed by atoms with Crippen LogP contribution in [0.3, 0.4) is 0 Å². The van der Waals surface area contributed by atoms with Crippen LogP contribution < -0.4 is 9.47 Å². The molecule has 0 saturated heterocycles. The Kier molecular flexibility index (Phi) is 5.14. The van der Waals surface area contributed by atoms with Gasteiger partial charge in [-0.3, -0.25) is 0 Å². The topological polar surface area (TPSA) is 73.0 Å². The molecule has 132 valence electrons. The Morgan fingerprint density at radius 2 is 1.92 bits per heavy atom. The zero-order valence-corrected chi connectivity index (χ0v) is 15.7. The quantitative estimate of drug-likeness (QED) is 0.591. The molecule has 0 radical (unpaired) electrons. The fraction of sp³-hybridized carbons (Fsp3) is 0.158. The van der Waals surface area contributed by atoms with E-state index in [1.807, 2.05) is 28.8 Å². The van der Waals surface area contributed by atoms with Gasteiger partial charge in [-0.2, -0.15) is 5.26 Å². The number of hydrogen-bond donors (Lipinski definition) is 0. The number of benzene rings is 1. The molecular formula is C19H15BrN2O4. The fourth-order valence-corrected chi connectivity index (χ4v) is 3.18. The second-order valence-corrected chi connectivity index (χ2v) is 6.20. The average molecular weight is 415 g/mol. The van der Waals surface area contributed by atoms with Crippen molar-refractivity contribution in [3.8, 4) is 17.6 Å². The summed E-state index contributed by atoms with van der Waals surface area (Å²) in [6.45, 7) is -0.00982. The number of nitrogens with zero attached hydrogens (tertiary/aromatic N) is 2.